The summed E-state index contributed by atoms with van der Waals surface area (Å²) in [7, 11) is 0. The number of nitrogens with one attached hydrogen (secondary N) is 1. The average Bonchev–Trinajstić information content (AvgIpc) is 2.43. The SMILES string of the molecule is CC(C)OCCNC(=O)c1cc(Cl)c2ccccc2n1. The lowest BCUT2D eigenvalue weighted by Gasteiger charge is -2.09. The fourth-order valence-corrected chi connectivity index (χ4v) is 2.06. The molecule has 0 spiro atoms. The molecule has 106 valence electrons. The zero-order valence-corrected chi connectivity index (χ0v) is 12.3. The molecular formula is C15H17ClN2O2. The summed E-state index contributed by atoms with van der Waals surface area (Å²) in [5.41, 5.74) is 1.03. The van der Waals surface area contributed by atoms with Crippen LogP contribution in [0.4, 0.5) is 0 Å². The highest BCUT2D eigenvalue weighted by molar-refractivity contribution is 6.35. The Morgan fingerprint density at radius 1 is 1.40 bits per heavy atom. The monoisotopic (exact) mass is 292 g/mol. The first-order valence-corrected chi connectivity index (χ1v) is 6.91. The Balaban J connectivity index is 2.07. The Morgan fingerprint density at radius 2 is 2.15 bits per heavy atom. The number of carbonyl (C=O) groups is 1. The van der Waals surface area contributed by atoms with Gasteiger partial charge < -0.3 is 10.1 Å². The topological polar surface area (TPSA) is 51.2 Å². The van der Waals surface area contributed by atoms with E-state index in [0.29, 0.717) is 29.4 Å². The number of amides is 1. The van der Waals surface area contributed by atoms with E-state index in [-0.39, 0.29) is 12.0 Å². The molecule has 0 bridgehead atoms. The van der Waals surface area contributed by atoms with E-state index >= 15 is 0 Å². The van der Waals surface area contributed by atoms with Crippen LogP contribution in [-0.2, 0) is 4.74 Å². The van der Waals surface area contributed by atoms with Crippen molar-refractivity contribution in [3.05, 3.63) is 41.0 Å². The molecule has 5 heteroatoms. The van der Waals surface area contributed by atoms with Crippen molar-refractivity contribution < 1.29 is 9.53 Å². The molecule has 1 heterocycles. The fourth-order valence-electron chi connectivity index (χ4n) is 1.80. The van der Waals surface area contributed by atoms with E-state index in [1.54, 1.807) is 6.07 Å². The molecule has 4 nitrogen and oxygen atoms in total. The standard InChI is InChI=1S/C15H17ClN2O2/c1-10(2)20-8-7-17-15(19)14-9-12(16)11-5-3-4-6-13(11)18-14/h3-6,9-10H,7-8H2,1-2H3,(H,17,19). The molecule has 2 aromatic rings. The van der Waals surface area contributed by atoms with Gasteiger partial charge in [-0.3, -0.25) is 4.79 Å². The van der Waals surface area contributed by atoms with Gasteiger partial charge in [0.2, 0.25) is 0 Å². The maximum Gasteiger partial charge on any atom is 0.270 e. The molecular weight excluding hydrogens is 276 g/mol. The smallest absolute Gasteiger partial charge is 0.270 e. The lowest BCUT2D eigenvalue weighted by molar-refractivity contribution is 0.0745. The summed E-state index contributed by atoms with van der Waals surface area (Å²) in [6.07, 6.45) is 0.153. The second-order valence-electron chi connectivity index (χ2n) is 4.68. The van der Waals surface area contributed by atoms with Crippen LogP contribution in [0.1, 0.15) is 24.3 Å². The lowest BCUT2D eigenvalue weighted by Crippen LogP contribution is -2.28. The summed E-state index contributed by atoms with van der Waals surface area (Å²) in [6.45, 7) is 4.83. The van der Waals surface area contributed by atoms with Crippen LogP contribution in [0.3, 0.4) is 0 Å². The quantitative estimate of drug-likeness (QED) is 0.862. The number of pyridine rings is 1. The average molecular weight is 293 g/mol. The van der Waals surface area contributed by atoms with Crippen LogP contribution >= 0.6 is 11.6 Å². The summed E-state index contributed by atoms with van der Waals surface area (Å²) in [6, 6.07) is 9.05. The molecule has 1 aromatic carbocycles. The third-order valence-electron chi connectivity index (χ3n) is 2.74. The van der Waals surface area contributed by atoms with Crippen molar-refractivity contribution in [2.75, 3.05) is 13.2 Å². The van der Waals surface area contributed by atoms with Crippen LogP contribution < -0.4 is 5.32 Å². The molecule has 0 unspecified atom stereocenters. The van der Waals surface area contributed by atoms with E-state index < -0.39 is 0 Å². The van der Waals surface area contributed by atoms with Crippen molar-refractivity contribution in [3.63, 3.8) is 0 Å². The molecule has 0 aliphatic carbocycles. The van der Waals surface area contributed by atoms with Gasteiger partial charge in [-0.05, 0) is 26.0 Å². The Bertz CT molecular complexity index is 614. The summed E-state index contributed by atoms with van der Waals surface area (Å²) in [5, 5.41) is 4.13. The second kappa shape index (κ2) is 6.68. The van der Waals surface area contributed by atoms with Gasteiger partial charge in [-0.1, -0.05) is 29.8 Å². The maximum atomic E-state index is 12.0. The van der Waals surface area contributed by atoms with Crippen LogP contribution in [0, 0.1) is 0 Å². The molecule has 0 saturated carbocycles. The molecule has 20 heavy (non-hydrogen) atoms. The van der Waals surface area contributed by atoms with Gasteiger partial charge >= 0.3 is 0 Å². The van der Waals surface area contributed by atoms with Crippen molar-refractivity contribution in [1.82, 2.24) is 10.3 Å². The highest BCUT2D eigenvalue weighted by Gasteiger charge is 2.10. The Labute approximate surface area is 123 Å². The molecule has 0 radical (unpaired) electrons. The molecule has 0 saturated heterocycles. The van der Waals surface area contributed by atoms with Crippen molar-refractivity contribution >= 4 is 28.4 Å². The Kier molecular flexibility index (Phi) is 4.93. The largest absolute Gasteiger partial charge is 0.377 e. The minimum absolute atomic E-state index is 0.153. The molecule has 1 N–H and O–H groups in total. The number of aromatic nitrogens is 1. The number of para-hydroxylation sites is 1. The van der Waals surface area contributed by atoms with Gasteiger partial charge in [0, 0.05) is 11.9 Å². The van der Waals surface area contributed by atoms with E-state index in [0.717, 1.165) is 5.39 Å². The fraction of sp³-hybridized carbons (Fsp3) is 0.333. The zero-order chi connectivity index (χ0) is 14.5. The van der Waals surface area contributed by atoms with E-state index in [1.807, 2.05) is 38.1 Å². The van der Waals surface area contributed by atoms with E-state index in [9.17, 15) is 4.79 Å². The molecule has 1 aromatic heterocycles. The van der Waals surface area contributed by atoms with E-state index in [4.69, 9.17) is 16.3 Å². The van der Waals surface area contributed by atoms with Crippen LogP contribution in [0.25, 0.3) is 10.9 Å². The number of fused-ring (bicyclic) bond motifs is 1. The first kappa shape index (κ1) is 14.8. The predicted molar refractivity (Wildman–Crippen MR) is 80.2 cm³/mol. The molecule has 0 atom stereocenters. The highest BCUT2D eigenvalue weighted by Crippen LogP contribution is 2.22. The summed E-state index contributed by atoms with van der Waals surface area (Å²) < 4.78 is 5.36. The van der Waals surface area contributed by atoms with Gasteiger partial charge in [-0.15, -0.1) is 0 Å². The maximum absolute atomic E-state index is 12.0. The normalized spacial score (nSPS) is 11.0. The first-order chi connectivity index (χ1) is 9.58. The van der Waals surface area contributed by atoms with Crippen LogP contribution in [0.2, 0.25) is 5.02 Å². The number of benzene rings is 1. The number of halogens is 1. The van der Waals surface area contributed by atoms with E-state index in [1.165, 1.54) is 0 Å². The van der Waals surface area contributed by atoms with Gasteiger partial charge in [0.15, 0.2) is 0 Å². The molecule has 0 aliphatic heterocycles. The molecule has 0 aliphatic rings. The number of hydrogen-bond donors (Lipinski definition) is 1. The van der Waals surface area contributed by atoms with Crippen LogP contribution in [-0.4, -0.2) is 30.1 Å². The number of nitrogens with zero attached hydrogens (tertiary/aromatic N) is 1. The molecule has 2 rings (SSSR count). The van der Waals surface area contributed by atoms with E-state index in [2.05, 4.69) is 10.3 Å². The number of ether oxygens (including phenoxy) is 1. The minimum Gasteiger partial charge on any atom is -0.377 e. The third-order valence-corrected chi connectivity index (χ3v) is 3.05. The number of rotatable bonds is 5. The number of carbonyl (C=O) groups excluding carboxylic acids is 1. The van der Waals surface area contributed by atoms with Gasteiger partial charge in [0.05, 0.1) is 23.3 Å². The summed E-state index contributed by atoms with van der Waals surface area (Å²) >= 11 is 6.16. The van der Waals surface area contributed by atoms with Crippen LogP contribution in [0.15, 0.2) is 30.3 Å². The van der Waals surface area contributed by atoms with Crippen molar-refractivity contribution in [3.8, 4) is 0 Å². The molecule has 0 fully saturated rings. The second-order valence-corrected chi connectivity index (χ2v) is 5.09. The van der Waals surface area contributed by atoms with Gasteiger partial charge in [0.1, 0.15) is 5.69 Å². The Hall–Kier alpha value is -1.65. The highest BCUT2D eigenvalue weighted by atomic mass is 35.5. The summed E-state index contributed by atoms with van der Waals surface area (Å²) in [4.78, 5) is 16.3. The van der Waals surface area contributed by atoms with Crippen molar-refractivity contribution in [2.24, 2.45) is 0 Å². The summed E-state index contributed by atoms with van der Waals surface area (Å²) in [5.74, 6) is -0.245. The molecule has 1 amide bonds. The van der Waals surface area contributed by atoms with Crippen molar-refractivity contribution in [1.29, 1.82) is 0 Å². The van der Waals surface area contributed by atoms with Gasteiger partial charge in [-0.2, -0.15) is 0 Å². The third kappa shape index (κ3) is 3.68. The Morgan fingerprint density at radius 3 is 2.90 bits per heavy atom. The lowest BCUT2D eigenvalue weighted by atomic mass is 10.2. The van der Waals surface area contributed by atoms with Crippen molar-refractivity contribution in [2.45, 2.75) is 20.0 Å². The van der Waals surface area contributed by atoms with Crippen LogP contribution in [0.5, 0.6) is 0 Å². The van der Waals surface area contributed by atoms with Gasteiger partial charge in [0.25, 0.3) is 5.91 Å². The number of hydrogen-bond acceptors (Lipinski definition) is 3. The zero-order valence-electron chi connectivity index (χ0n) is 11.5. The minimum atomic E-state index is -0.245. The predicted octanol–water partition coefficient (Wildman–Crippen LogP) is 3.04. The van der Waals surface area contributed by atoms with Gasteiger partial charge in [-0.25, -0.2) is 4.98 Å². The first-order valence-electron chi connectivity index (χ1n) is 6.53.